The molecular weight excluding hydrogens is 230 g/mol. The first-order valence-corrected chi connectivity index (χ1v) is 7.19. The van der Waals surface area contributed by atoms with Crippen molar-refractivity contribution < 1.29 is 4.74 Å². The van der Waals surface area contributed by atoms with E-state index in [9.17, 15) is 0 Å². The summed E-state index contributed by atoms with van der Waals surface area (Å²) in [6.45, 7) is 2.02. The van der Waals surface area contributed by atoms with Crippen molar-refractivity contribution in [3.05, 3.63) is 23.8 Å². The van der Waals surface area contributed by atoms with Crippen molar-refractivity contribution in [2.75, 3.05) is 7.11 Å². The van der Waals surface area contributed by atoms with E-state index in [1.54, 1.807) is 7.11 Å². The summed E-state index contributed by atoms with van der Waals surface area (Å²) in [5, 5.41) is 0.764. The van der Waals surface area contributed by atoms with Gasteiger partial charge in [0.2, 0.25) is 0 Å². The SMILES string of the molecule is COc1cccc(SC2CCCC2)c1[C@@H](C)N. The smallest absolute Gasteiger partial charge is 0.124 e. The highest BCUT2D eigenvalue weighted by Gasteiger charge is 2.20. The minimum absolute atomic E-state index is 0.0232. The number of benzene rings is 1. The maximum absolute atomic E-state index is 6.07. The Bertz CT molecular complexity index is 372. The molecule has 1 aliphatic carbocycles. The molecule has 1 fully saturated rings. The van der Waals surface area contributed by atoms with E-state index in [0.717, 1.165) is 16.6 Å². The van der Waals surface area contributed by atoms with E-state index in [1.165, 1.54) is 30.6 Å². The molecule has 94 valence electrons. The van der Waals surface area contributed by atoms with Gasteiger partial charge >= 0.3 is 0 Å². The lowest BCUT2D eigenvalue weighted by molar-refractivity contribution is 0.405. The van der Waals surface area contributed by atoms with E-state index < -0.39 is 0 Å². The summed E-state index contributed by atoms with van der Waals surface area (Å²) in [7, 11) is 1.71. The van der Waals surface area contributed by atoms with Gasteiger partial charge in [0.1, 0.15) is 5.75 Å². The number of methoxy groups -OCH3 is 1. The Morgan fingerprint density at radius 3 is 2.65 bits per heavy atom. The third-order valence-corrected chi connectivity index (χ3v) is 4.71. The summed E-state index contributed by atoms with van der Waals surface area (Å²) in [4.78, 5) is 1.30. The topological polar surface area (TPSA) is 35.2 Å². The molecule has 0 spiro atoms. The molecule has 0 aromatic heterocycles. The second kappa shape index (κ2) is 5.78. The van der Waals surface area contributed by atoms with Crippen LogP contribution in [0.4, 0.5) is 0 Å². The molecule has 2 nitrogen and oxygen atoms in total. The fourth-order valence-corrected chi connectivity index (χ4v) is 3.94. The predicted octanol–water partition coefficient (Wildman–Crippen LogP) is 3.75. The van der Waals surface area contributed by atoms with Crippen LogP contribution in [0.2, 0.25) is 0 Å². The lowest BCUT2D eigenvalue weighted by atomic mass is 10.1. The number of rotatable bonds is 4. The fourth-order valence-electron chi connectivity index (χ4n) is 2.44. The average molecular weight is 251 g/mol. The van der Waals surface area contributed by atoms with E-state index >= 15 is 0 Å². The van der Waals surface area contributed by atoms with Crippen LogP contribution >= 0.6 is 11.8 Å². The highest BCUT2D eigenvalue weighted by Crippen LogP contribution is 2.40. The van der Waals surface area contributed by atoms with Crippen LogP contribution in [0.15, 0.2) is 23.1 Å². The van der Waals surface area contributed by atoms with E-state index in [-0.39, 0.29) is 6.04 Å². The van der Waals surface area contributed by atoms with Gasteiger partial charge in [-0.05, 0) is 31.9 Å². The predicted molar refractivity (Wildman–Crippen MR) is 73.7 cm³/mol. The maximum Gasteiger partial charge on any atom is 0.124 e. The van der Waals surface area contributed by atoms with Gasteiger partial charge < -0.3 is 10.5 Å². The van der Waals surface area contributed by atoms with Gasteiger partial charge in [-0.2, -0.15) is 0 Å². The molecule has 1 aliphatic rings. The van der Waals surface area contributed by atoms with Crippen LogP contribution in [0.1, 0.15) is 44.2 Å². The van der Waals surface area contributed by atoms with Crippen LogP contribution in [-0.2, 0) is 0 Å². The Balaban J connectivity index is 2.25. The molecule has 17 heavy (non-hydrogen) atoms. The van der Waals surface area contributed by atoms with E-state index in [2.05, 4.69) is 12.1 Å². The maximum atomic E-state index is 6.07. The Kier molecular flexibility index (Phi) is 4.35. The van der Waals surface area contributed by atoms with Gasteiger partial charge in [0, 0.05) is 21.8 Å². The normalized spacial score (nSPS) is 18.3. The van der Waals surface area contributed by atoms with E-state index in [4.69, 9.17) is 10.5 Å². The monoisotopic (exact) mass is 251 g/mol. The molecule has 0 amide bonds. The van der Waals surface area contributed by atoms with Crippen molar-refractivity contribution in [3.63, 3.8) is 0 Å². The van der Waals surface area contributed by atoms with Crippen molar-refractivity contribution in [1.29, 1.82) is 0 Å². The third kappa shape index (κ3) is 2.96. The van der Waals surface area contributed by atoms with Crippen molar-refractivity contribution in [1.82, 2.24) is 0 Å². The van der Waals surface area contributed by atoms with E-state index in [1.807, 2.05) is 24.8 Å². The quantitative estimate of drug-likeness (QED) is 0.885. The molecule has 1 saturated carbocycles. The summed E-state index contributed by atoms with van der Waals surface area (Å²) in [5.41, 5.74) is 7.23. The minimum Gasteiger partial charge on any atom is -0.496 e. The summed E-state index contributed by atoms with van der Waals surface area (Å²) in [6, 6.07) is 6.25. The molecule has 3 heteroatoms. The van der Waals surface area contributed by atoms with E-state index in [0.29, 0.717) is 0 Å². The zero-order chi connectivity index (χ0) is 12.3. The Labute approximate surface area is 108 Å². The van der Waals surface area contributed by atoms with Crippen LogP contribution in [0.3, 0.4) is 0 Å². The van der Waals surface area contributed by atoms with Crippen molar-refractivity contribution >= 4 is 11.8 Å². The second-order valence-electron chi connectivity index (χ2n) is 4.69. The molecule has 2 rings (SSSR count). The first-order chi connectivity index (χ1) is 8.22. The van der Waals surface area contributed by atoms with Gasteiger partial charge in [0.05, 0.1) is 7.11 Å². The molecule has 1 atom stereocenters. The van der Waals surface area contributed by atoms with Gasteiger partial charge in [0.25, 0.3) is 0 Å². The van der Waals surface area contributed by atoms with Gasteiger partial charge in [-0.15, -0.1) is 11.8 Å². The molecule has 0 saturated heterocycles. The highest BCUT2D eigenvalue weighted by molar-refractivity contribution is 8.00. The Morgan fingerprint density at radius 2 is 2.06 bits per heavy atom. The zero-order valence-electron chi connectivity index (χ0n) is 10.6. The summed E-state index contributed by atoms with van der Waals surface area (Å²) in [6.07, 6.45) is 5.41. The third-order valence-electron chi connectivity index (χ3n) is 3.30. The molecule has 0 heterocycles. The molecule has 0 radical (unpaired) electrons. The summed E-state index contributed by atoms with van der Waals surface area (Å²) in [5.74, 6) is 0.919. The van der Waals surface area contributed by atoms with Crippen LogP contribution < -0.4 is 10.5 Å². The fraction of sp³-hybridized carbons (Fsp3) is 0.571. The van der Waals surface area contributed by atoms with Crippen LogP contribution in [0.25, 0.3) is 0 Å². The Hall–Kier alpha value is -0.670. The largest absolute Gasteiger partial charge is 0.496 e. The molecule has 1 aromatic rings. The highest BCUT2D eigenvalue weighted by atomic mass is 32.2. The van der Waals surface area contributed by atoms with Gasteiger partial charge in [-0.1, -0.05) is 18.9 Å². The molecule has 0 bridgehead atoms. The standard InChI is InChI=1S/C14H21NOS/c1-10(15)14-12(16-2)8-5-9-13(14)17-11-6-3-4-7-11/h5,8-11H,3-4,6-7,15H2,1-2H3/t10-/m1/s1. The number of hydrogen-bond donors (Lipinski definition) is 1. The summed E-state index contributed by atoms with van der Waals surface area (Å²) >= 11 is 1.98. The van der Waals surface area contributed by atoms with Gasteiger partial charge in [-0.25, -0.2) is 0 Å². The minimum atomic E-state index is 0.0232. The number of thioether (sulfide) groups is 1. The molecule has 1 aromatic carbocycles. The molecule has 0 aliphatic heterocycles. The van der Waals surface area contributed by atoms with Crippen LogP contribution in [0, 0.1) is 0 Å². The lowest BCUT2D eigenvalue weighted by Crippen LogP contribution is -2.09. The van der Waals surface area contributed by atoms with Crippen LogP contribution in [-0.4, -0.2) is 12.4 Å². The van der Waals surface area contributed by atoms with Gasteiger partial charge in [0.15, 0.2) is 0 Å². The first-order valence-electron chi connectivity index (χ1n) is 6.31. The average Bonchev–Trinajstić information content (AvgIpc) is 2.81. The van der Waals surface area contributed by atoms with Crippen molar-refractivity contribution in [2.45, 2.75) is 48.8 Å². The summed E-state index contributed by atoms with van der Waals surface area (Å²) < 4.78 is 5.42. The number of hydrogen-bond acceptors (Lipinski definition) is 3. The lowest BCUT2D eigenvalue weighted by Gasteiger charge is -2.18. The Morgan fingerprint density at radius 1 is 1.35 bits per heavy atom. The molecule has 2 N–H and O–H groups in total. The molecule has 0 unspecified atom stereocenters. The first kappa shape index (κ1) is 12.8. The molecular formula is C14H21NOS. The number of nitrogens with two attached hydrogens (primary N) is 1. The van der Waals surface area contributed by atoms with Crippen molar-refractivity contribution in [2.24, 2.45) is 5.73 Å². The van der Waals surface area contributed by atoms with Crippen molar-refractivity contribution in [3.8, 4) is 5.75 Å². The van der Waals surface area contributed by atoms with Gasteiger partial charge in [-0.3, -0.25) is 0 Å². The van der Waals surface area contributed by atoms with Crippen LogP contribution in [0.5, 0.6) is 5.75 Å². The number of ether oxygens (including phenoxy) is 1. The second-order valence-corrected chi connectivity index (χ2v) is 6.03. The zero-order valence-corrected chi connectivity index (χ0v) is 11.4.